The number of benzene rings is 1. The van der Waals surface area contributed by atoms with Crippen molar-refractivity contribution in [2.75, 3.05) is 11.9 Å². The van der Waals surface area contributed by atoms with Crippen LogP contribution in [0.4, 0.5) is 9.93 Å². The first-order valence-electron chi connectivity index (χ1n) is 6.90. The maximum Gasteiger partial charge on any atom is 0.413 e. The fourth-order valence-electron chi connectivity index (χ4n) is 1.53. The fourth-order valence-corrected chi connectivity index (χ4v) is 2.38. The second kappa shape index (κ2) is 8.94. The van der Waals surface area contributed by atoms with E-state index in [0.29, 0.717) is 10.0 Å². The number of rotatable bonds is 6. The summed E-state index contributed by atoms with van der Waals surface area (Å²) >= 11 is 6.86. The number of carbonyl (C=O) groups is 2. The standard InChI is InChI=1S/C14H14ClN5O3S/c1-2-23-14(22)17-13-20-19-12(24-13)7-11(21)18-16-8-9-3-5-10(15)6-4-9/h3-6,8H,2,7H2,1H3,(H,18,21)(H,17,20,22)/b16-8-. The number of ether oxygens (including phenoxy) is 1. The summed E-state index contributed by atoms with van der Waals surface area (Å²) in [4.78, 5) is 23.0. The van der Waals surface area contributed by atoms with E-state index in [1.54, 1.807) is 31.2 Å². The third-order valence-electron chi connectivity index (χ3n) is 2.54. The summed E-state index contributed by atoms with van der Waals surface area (Å²) in [6, 6.07) is 7.00. The summed E-state index contributed by atoms with van der Waals surface area (Å²) in [6.45, 7) is 1.95. The van der Waals surface area contributed by atoms with Crippen LogP contribution in [0.25, 0.3) is 0 Å². The SMILES string of the molecule is CCOC(=O)Nc1nnc(CC(=O)N/N=C\c2ccc(Cl)cc2)s1. The number of hydrogen-bond acceptors (Lipinski definition) is 7. The Balaban J connectivity index is 1.81. The minimum atomic E-state index is -0.614. The van der Waals surface area contributed by atoms with Crippen molar-refractivity contribution in [1.29, 1.82) is 0 Å². The molecular formula is C14H14ClN5O3S. The number of hydrazone groups is 1. The zero-order valence-electron chi connectivity index (χ0n) is 12.7. The van der Waals surface area contributed by atoms with Crippen molar-refractivity contribution in [2.45, 2.75) is 13.3 Å². The molecule has 0 fully saturated rings. The maximum atomic E-state index is 11.8. The largest absolute Gasteiger partial charge is 0.450 e. The molecule has 0 radical (unpaired) electrons. The number of amides is 2. The average Bonchev–Trinajstić information content (AvgIpc) is 2.96. The summed E-state index contributed by atoms with van der Waals surface area (Å²) < 4.78 is 4.72. The van der Waals surface area contributed by atoms with Crippen LogP contribution >= 0.6 is 22.9 Å². The molecule has 1 aromatic carbocycles. The summed E-state index contributed by atoms with van der Waals surface area (Å²) in [5.41, 5.74) is 3.19. The van der Waals surface area contributed by atoms with Crippen LogP contribution in [0.5, 0.6) is 0 Å². The molecule has 2 amide bonds. The molecule has 0 atom stereocenters. The summed E-state index contributed by atoms with van der Waals surface area (Å²) in [6.07, 6.45) is 0.888. The fraction of sp³-hybridized carbons (Fsp3) is 0.214. The first kappa shape index (κ1) is 17.8. The molecule has 2 N–H and O–H groups in total. The van der Waals surface area contributed by atoms with Crippen molar-refractivity contribution in [3.8, 4) is 0 Å². The lowest BCUT2D eigenvalue weighted by molar-refractivity contribution is -0.120. The van der Waals surface area contributed by atoms with Gasteiger partial charge >= 0.3 is 6.09 Å². The number of aromatic nitrogens is 2. The molecule has 0 unspecified atom stereocenters. The van der Waals surface area contributed by atoms with Crippen LogP contribution in [-0.2, 0) is 16.0 Å². The molecule has 126 valence electrons. The topological polar surface area (TPSA) is 106 Å². The van der Waals surface area contributed by atoms with Gasteiger partial charge in [-0.3, -0.25) is 10.1 Å². The van der Waals surface area contributed by atoms with Crippen LogP contribution in [0.2, 0.25) is 5.02 Å². The normalized spacial score (nSPS) is 10.6. The zero-order valence-corrected chi connectivity index (χ0v) is 14.2. The van der Waals surface area contributed by atoms with Gasteiger partial charge in [-0.15, -0.1) is 10.2 Å². The molecule has 0 bridgehead atoms. The van der Waals surface area contributed by atoms with Gasteiger partial charge in [0.25, 0.3) is 0 Å². The highest BCUT2D eigenvalue weighted by molar-refractivity contribution is 7.15. The van der Waals surface area contributed by atoms with Gasteiger partial charge in [-0.05, 0) is 24.6 Å². The van der Waals surface area contributed by atoms with Crippen molar-refractivity contribution in [3.63, 3.8) is 0 Å². The lowest BCUT2D eigenvalue weighted by Gasteiger charge is -1.99. The first-order chi connectivity index (χ1) is 11.6. The van der Waals surface area contributed by atoms with Crippen LogP contribution < -0.4 is 10.7 Å². The maximum absolute atomic E-state index is 11.8. The Kier molecular flexibility index (Phi) is 6.64. The van der Waals surface area contributed by atoms with Crippen LogP contribution in [0.3, 0.4) is 0 Å². The lowest BCUT2D eigenvalue weighted by atomic mass is 10.2. The second-order valence-electron chi connectivity index (χ2n) is 4.37. The van der Waals surface area contributed by atoms with Crippen molar-refractivity contribution in [1.82, 2.24) is 15.6 Å². The highest BCUT2D eigenvalue weighted by Gasteiger charge is 2.11. The molecular weight excluding hydrogens is 354 g/mol. The summed E-state index contributed by atoms with van der Waals surface area (Å²) in [7, 11) is 0. The number of carbonyl (C=O) groups excluding carboxylic acids is 2. The molecule has 0 aliphatic carbocycles. The van der Waals surface area contributed by atoms with Crippen LogP contribution in [0.1, 0.15) is 17.5 Å². The van der Waals surface area contributed by atoms with Crippen LogP contribution in [-0.4, -0.2) is 35.0 Å². The van der Waals surface area contributed by atoms with E-state index >= 15 is 0 Å². The Labute approximate surface area is 146 Å². The Morgan fingerprint density at radius 2 is 2.08 bits per heavy atom. The highest BCUT2D eigenvalue weighted by Crippen LogP contribution is 2.15. The van der Waals surface area contributed by atoms with Crippen LogP contribution in [0, 0.1) is 0 Å². The second-order valence-corrected chi connectivity index (χ2v) is 5.87. The van der Waals surface area contributed by atoms with Gasteiger partial charge in [-0.1, -0.05) is 35.1 Å². The number of nitrogens with one attached hydrogen (secondary N) is 2. The molecule has 1 aromatic heterocycles. The summed E-state index contributed by atoms with van der Waals surface area (Å²) in [5.74, 6) is -0.348. The average molecular weight is 368 g/mol. The van der Waals surface area contributed by atoms with E-state index < -0.39 is 6.09 Å². The minimum absolute atomic E-state index is 0.000129. The Hall–Kier alpha value is -2.52. The van der Waals surface area contributed by atoms with Gasteiger partial charge in [0.2, 0.25) is 11.0 Å². The van der Waals surface area contributed by atoms with Gasteiger partial charge in [-0.2, -0.15) is 5.10 Å². The van der Waals surface area contributed by atoms with Gasteiger partial charge in [0, 0.05) is 5.02 Å². The molecule has 2 rings (SSSR count). The van der Waals surface area contributed by atoms with Crippen molar-refractivity contribution in [2.24, 2.45) is 5.10 Å². The smallest absolute Gasteiger partial charge is 0.413 e. The zero-order chi connectivity index (χ0) is 17.4. The lowest BCUT2D eigenvalue weighted by Crippen LogP contribution is -2.19. The third-order valence-corrected chi connectivity index (χ3v) is 3.63. The van der Waals surface area contributed by atoms with E-state index in [1.165, 1.54) is 6.21 Å². The predicted molar refractivity (Wildman–Crippen MR) is 91.4 cm³/mol. The molecule has 10 heteroatoms. The van der Waals surface area contributed by atoms with Crippen molar-refractivity contribution < 1.29 is 14.3 Å². The van der Waals surface area contributed by atoms with Crippen molar-refractivity contribution >= 4 is 46.3 Å². The predicted octanol–water partition coefficient (Wildman–Crippen LogP) is 2.45. The van der Waals surface area contributed by atoms with Gasteiger partial charge < -0.3 is 4.74 Å². The van der Waals surface area contributed by atoms with Crippen LogP contribution in [0.15, 0.2) is 29.4 Å². The van der Waals surface area contributed by atoms with Gasteiger partial charge in [-0.25, -0.2) is 10.2 Å². The molecule has 0 saturated heterocycles. The number of anilines is 1. The first-order valence-corrected chi connectivity index (χ1v) is 8.10. The van der Waals surface area contributed by atoms with E-state index in [0.717, 1.165) is 16.9 Å². The third kappa shape index (κ3) is 5.94. The summed E-state index contributed by atoms with van der Waals surface area (Å²) in [5, 5.41) is 15.2. The number of halogens is 1. The monoisotopic (exact) mass is 367 g/mol. The minimum Gasteiger partial charge on any atom is -0.450 e. The Morgan fingerprint density at radius 3 is 2.79 bits per heavy atom. The number of hydrogen-bond donors (Lipinski definition) is 2. The quantitative estimate of drug-likeness (QED) is 0.602. The van der Waals surface area contributed by atoms with E-state index in [-0.39, 0.29) is 24.1 Å². The van der Waals surface area contributed by atoms with E-state index in [9.17, 15) is 9.59 Å². The highest BCUT2D eigenvalue weighted by atomic mass is 35.5. The molecule has 0 aliphatic rings. The van der Waals surface area contributed by atoms with Gasteiger partial charge in [0.1, 0.15) is 5.01 Å². The molecule has 8 nitrogen and oxygen atoms in total. The van der Waals surface area contributed by atoms with Gasteiger partial charge in [0.05, 0.1) is 19.2 Å². The molecule has 0 spiro atoms. The molecule has 0 saturated carbocycles. The molecule has 2 aromatic rings. The Morgan fingerprint density at radius 1 is 1.33 bits per heavy atom. The van der Waals surface area contributed by atoms with E-state index in [1.807, 2.05) is 0 Å². The molecule has 24 heavy (non-hydrogen) atoms. The van der Waals surface area contributed by atoms with E-state index in [2.05, 4.69) is 26.0 Å². The number of nitrogens with zero attached hydrogens (tertiary/aromatic N) is 3. The Bertz CT molecular complexity index is 732. The molecule has 0 aliphatic heterocycles. The molecule has 1 heterocycles. The van der Waals surface area contributed by atoms with Gasteiger partial charge in [0.15, 0.2) is 0 Å². The van der Waals surface area contributed by atoms with E-state index in [4.69, 9.17) is 16.3 Å². The van der Waals surface area contributed by atoms with Crippen molar-refractivity contribution in [3.05, 3.63) is 39.9 Å².